The van der Waals surface area contributed by atoms with Crippen LogP contribution in [0.15, 0.2) is 0 Å². The zero-order chi connectivity index (χ0) is 11.3. The third kappa shape index (κ3) is 4.98. The maximum absolute atomic E-state index is 5.97. The van der Waals surface area contributed by atoms with E-state index in [0.29, 0.717) is 24.2 Å². The van der Waals surface area contributed by atoms with Crippen LogP contribution in [0.2, 0.25) is 0 Å². The van der Waals surface area contributed by atoms with E-state index >= 15 is 0 Å². The van der Waals surface area contributed by atoms with Gasteiger partial charge in [0.15, 0.2) is 0 Å². The Morgan fingerprint density at radius 1 is 1.20 bits per heavy atom. The Bertz CT molecular complexity index is 162. The van der Waals surface area contributed by atoms with Gasteiger partial charge in [-0.1, -0.05) is 20.3 Å². The van der Waals surface area contributed by atoms with Crippen molar-refractivity contribution in [2.45, 2.75) is 71.6 Å². The predicted molar refractivity (Wildman–Crippen MR) is 65.1 cm³/mol. The molecule has 1 N–H and O–H groups in total. The summed E-state index contributed by atoms with van der Waals surface area (Å²) < 4.78 is 5.97. The summed E-state index contributed by atoms with van der Waals surface area (Å²) in [7, 11) is 0. The van der Waals surface area contributed by atoms with E-state index < -0.39 is 0 Å². The van der Waals surface area contributed by atoms with Gasteiger partial charge in [-0.15, -0.1) is 0 Å². The monoisotopic (exact) mass is 213 g/mol. The van der Waals surface area contributed by atoms with Crippen LogP contribution < -0.4 is 5.32 Å². The van der Waals surface area contributed by atoms with Crippen molar-refractivity contribution < 1.29 is 4.74 Å². The summed E-state index contributed by atoms with van der Waals surface area (Å²) in [5.74, 6) is 0.621. The molecule has 0 unspecified atom stereocenters. The van der Waals surface area contributed by atoms with E-state index in [-0.39, 0.29) is 0 Å². The summed E-state index contributed by atoms with van der Waals surface area (Å²) >= 11 is 0. The molecule has 2 atom stereocenters. The molecule has 0 aromatic rings. The Kier molecular flexibility index (Phi) is 5.62. The number of ether oxygens (including phenoxy) is 1. The minimum atomic E-state index is 0.348. The number of nitrogens with one attached hydrogen (secondary N) is 1. The number of rotatable bonds is 5. The Morgan fingerprint density at radius 2 is 1.93 bits per heavy atom. The molecule has 0 aromatic carbocycles. The molecule has 0 amide bonds. The van der Waals surface area contributed by atoms with Crippen LogP contribution in [0.5, 0.6) is 0 Å². The van der Waals surface area contributed by atoms with Crippen molar-refractivity contribution in [1.29, 1.82) is 0 Å². The highest BCUT2D eigenvalue weighted by atomic mass is 16.5. The van der Waals surface area contributed by atoms with Crippen molar-refractivity contribution in [3.63, 3.8) is 0 Å². The molecule has 1 fully saturated rings. The van der Waals surface area contributed by atoms with Crippen LogP contribution >= 0.6 is 0 Å². The van der Waals surface area contributed by atoms with Gasteiger partial charge >= 0.3 is 0 Å². The van der Waals surface area contributed by atoms with E-state index in [1.165, 1.54) is 32.2 Å². The van der Waals surface area contributed by atoms with Gasteiger partial charge in [0, 0.05) is 6.04 Å². The number of piperidine rings is 1. The molecule has 1 heterocycles. The first-order valence-electron chi connectivity index (χ1n) is 6.48. The third-order valence-corrected chi connectivity index (χ3v) is 3.12. The molecule has 15 heavy (non-hydrogen) atoms. The second-order valence-corrected chi connectivity index (χ2v) is 5.35. The molecule has 2 heteroatoms. The van der Waals surface area contributed by atoms with E-state index in [2.05, 4.69) is 33.0 Å². The smallest absolute Gasteiger partial charge is 0.0616 e. The summed E-state index contributed by atoms with van der Waals surface area (Å²) in [5.41, 5.74) is 0. The fraction of sp³-hybridized carbons (Fsp3) is 1.00. The van der Waals surface area contributed by atoms with Crippen molar-refractivity contribution in [3.8, 4) is 0 Å². The van der Waals surface area contributed by atoms with Crippen LogP contribution in [-0.4, -0.2) is 24.8 Å². The lowest BCUT2D eigenvalue weighted by molar-refractivity contribution is -0.0288. The summed E-state index contributed by atoms with van der Waals surface area (Å²) in [4.78, 5) is 0. The highest BCUT2D eigenvalue weighted by molar-refractivity contribution is 4.77. The van der Waals surface area contributed by atoms with E-state index in [0.717, 1.165) is 0 Å². The summed E-state index contributed by atoms with van der Waals surface area (Å²) in [5, 5.41) is 3.60. The lowest BCUT2D eigenvalue weighted by Gasteiger charge is -2.30. The second-order valence-electron chi connectivity index (χ2n) is 5.35. The van der Waals surface area contributed by atoms with Gasteiger partial charge in [-0.2, -0.15) is 0 Å². The highest BCUT2D eigenvalue weighted by Gasteiger charge is 2.22. The van der Waals surface area contributed by atoms with Crippen LogP contribution in [0.3, 0.4) is 0 Å². The van der Waals surface area contributed by atoms with Gasteiger partial charge in [-0.3, -0.25) is 0 Å². The zero-order valence-electron chi connectivity index (χ0n) is 10.8. The standard InChI is InChI=1S/C13H27NO/c1-10(2)13(15-11(3)4)9-12-7-5-6-8-14-12/h10-14H,5-9H2,1-4H3/t12-,13+/m1/s1. The molecule has 1 aliphatic heterocycles. The topological polar surface area (TPSA) is 21.3 Å². The van der Waals surface area contributed by atoms with E-state index in [1.807, 2.05) is 0 Å². The number of hydrogen-bond acceptors (Lipinski definition) is 2. The van der Waals surface area contributed by atoms with Crippen molar-refractivity contribution in [2.24, 2.45) is 5.92 Å². The fourth-order valence-corrected chi connectivity index (χ4v) is 2.24. The Morgan fingerprint density at radius 3 is 2.40 bits per heavy atom. The minimum absolute atomic E-state index is 0.348. The summed E-state index contributed by atoms with van der Waals surface area (Å²) in [6.45, 7) is 9.97. The lowest BCUT2D eigenvalue weighted by Crippen LogP contribution is -2.39. The van der Waals surface area contributed by atoms with Crippen molar-refractivity contribution in [3.05, 3.63) is 0 Å². The molecule has 0 radical (unpaired) electrons. The van der Waals surface area contributed by atoms with Gasteiger partial charge in [-0.25, -0.2) is 0 Å². The van der Waals surface area contributed by atoms with Crippen LogP contribution in [0.25, 0.3) is 0 Å². The van der Waals surface area contributed by atoms with Gasteiger partial charge in [0.1, 0.15) is 0 Å². The van der Waals surface area contributed by atoms with Crippen LogP contribution in [0.4, 0.5) is 0 Å². The van der Waals surface area contributed by atoms with E-state index in [1.54, 1.807) is 0 Å². The van der Waals surface area contributed by atoms with E-state index in [9.17, 15) is 0 Å². The van der Waals surface area contributed by atoms with Crippen LogP contribution in [0, 0.1) is 5.92 Å². The predicted octanol–water partition coefficient (Wildman–Crippen LogP) is 2.97. The SMILES string of the molecule is CC(C)O[C@@H](C[C@H]1CCCCN1)C(C)C. The average Bonchev–Trinajstić information content (AvgIpc) is 2.17. The normalized spacial score (nSPS) is 24.8. The molecule has 1 saturated heterocycles. The molecular weight excluding hydrogens is 186 g/mol. The van der Waals surface area contributed by atoms with Crippen molar-refractivity contribution in [1.82, 2.24) is 5.32 Å². The Hall–Kier alpha value is -0.0800. The summed E-state index contributed by atoms with van der Waals surface area (Å²) in [6.07, 6.45) is 5.99. The molecule has 90 valence electrons. The molecule has 0 saturated carbocycles. The molecule has 1 rings (SSSR count). The fourth-order valence-electron chi connectivity index (χ4n) is 2.24. The Labute approximate surface area is 94.8 Å². The lowest BCUT2D eigenvalue weighted by atomic mass is 9.94. The van der Waals surface area contributed by atoms with Gasteiger partial charge < -0.3 is 10.1 Å². The first kappa shape index (κ1) is 13.0. The average molecular weight is 213 g/mol. The zero-order valence-corrected chi connectivity index (χ0v) is 10.8. The molecule has 0 aromatic heterocycles. The minimum Gasteiger partial charge on any atom is -0.375 e. The Balaban J connectivity index is 2.35. The molecule has 0 aliphatic carbocycles. The molecule has 1 aliphatic rings. The summed E-state index contributed by atoms with van der Waals surface area (Å²) in [6, 6.07) is 0.685. The van der Waals surface area contributed by atoms with E-state index in [4.69, 9.17) is 4.74 Å². The van der Waals surface area contributed by atoms with Gasteiger partial charge in [0.2, 0.25) is 0 Å². The van der Waals surface area contributed by atoms with Crippen molar-refractivity contribution >= 4 is 0 Å². The van der Waals surface area contributed by atoms with Crippen LogP contribution in [0.1, 0.15) is 53.4 Å². The highest BCUT2D eigenvalue weighted by Crippen LogP contribution is 2.19. The largest absolute Gasteiger partial charge is 0.375 e. The molecular formula is C13H27NO. The second kappa shape index (κ2) is 6.49. The third-order valence-electron chi connectivity index (χ3n) is 3.12. The quantitative estimate of drug-likeness (QED) is 0.758. The van der Waals surface area contributed by atoms with Gasteiger partial charge in [0.25, 0.3) is 0 Å². The first-order chi connectivity index (χ1) is 7.09. The molecule has 2 nitrogen and oxygen atoms in total. The first-order valence-corrected chi connectivity index (χ1v) is 6.48. The van der Waals surface area contributed by atoms with Gasteiger partial charge in [-0.05, 0) is 45.6 Å². The molecule has 0 bridgehead atoms. The van der Waals surface area contributed by atoms with Crippen molar-refractivity contribution in [2.75, 3.05) is 6.54 Å². The maximum Gasteiger partial charge on any atom is 0.0616 e. The van der Waals surface area contributed by atoms with Crippen LogP contribution in [-0.2, 0) is 4.74 Å². The van der Waals surface area contributed by atoms with Gasteiger partial charge in [0.05, 0.1) is 12.2 Å². The molecule has 0 spiro atoms. The maximum atomic E-state index is 5.97. The number of hydrogen-bond donors (Lipinski definition) is 1.